The van der Waals surface area contributed by atoms with Crippen molar-refractivity contribution >= 4 is 28.5 Å². The molecule has 0 aliphatic rings. The normalized spacial score (nSPS) is 10.9. The third-order valence-electron chi connectivity index (χ3n) is 3.15. The lowest BCUT2D eigenvalue weighted by atomic mass is 10.0. The van der Waals surface area contributed by atoms with Gasteiger partial charge in [-0.2, -0.15) is 0 Å². The smallest absolute Gasteiger partial charge is 0.336 e. The molecule has 4 heteroatoms. The van der Waals surface area contributed by atoms with Crippen LogP contribution in [0.1, 0.15) is 15.9 Å². The summed E-state index contributed by atoms with van der Waals surface area (Å²) in [6.07, 6.45) is 0. The average Bonchev–Trinajstić information content (AvgIpc) is 2.81. The Kier molecular flexibility index (Phi) is 2.99. The zero-order valence-corrected chi connectivity index (χ0v) is 11.4. The second-order valence-electron chi connectivity index (χ2n) is 4.65. The van der Waals surface area contributed by atoms with Gasteiger partial charge in [0.25, 0.3) is 0 Å². The van der Waals surface area contributed by atoms with Crippen molar-refractivity contribution in [1.82, 2.24) is 0 Å². The van der Waals surface area contributed by atoms with Crippen LogP contribution in [0.4, 0.5) is 0 Å². The molecule has 0 spiro atoms. The number of fused-ring (bicyclic) bond motifs is 1. The van der Waals surface area contributed by atoms with E-state index in [1.54, 1.807) is 12.1 Å². The lowest BCUT2D eigenvalue weighted by molar-refractivity contribution is 0.0697. The van der Waals surface area contributed by atoms with Gasteiger partial charge >= 0.3 is 5.97 Å². The summed E-state index contributed by atoms with van der Waals surface area (Å²) >= 11 is 5.85. The van der Waals surface area contributed by atoms with E-state index in [-0.39, 0.29) is 5.56 Å². The number of benzene rings is 2. The Morgan fingerprint density at radius 1 is 1.15 bits per heavy atom. The quantitative estimate of drug-likeness (QED) is 0.739. The first-order valence-corrected chi connectivity index (χ1v) is 6.46. The molecule has 0 aliphatic heterocycles. The molecule has 1 N–H and O–H groups in total. The Morgan fingerprint density at radius 2 is 1.95 bits per heavy atom. The summed E-state index contributed by atoms with van der Waals surface area (Å²) in [5, 5.41) is 10.6. The van der Waals surface area contributed by atoms with Gasteiger partial charge in [-0.3, -0.25) is 0 Å². The van der Waals surface area contributed by atoms with Crippen molar-refractivity contribution in [2.45, 2.75) is 6.92 Å². The number of halogens is 1. The monoisotopic (exact) mass is 286 g/mol. The van der Waals surface area contributed by atoms with Gasteiger partial charge < -0.3 is 9.52 Å². The standard InChI is InChI=1S/C16H11ClO3/c1-9-2-5-14-10(6-9)7-15(20-14)12-4-3-11(17)8-13(12)16(18)19/h2-8H,1H3,(H,18,19). The molecule has 0 saturated heterocycles. The summed E-state index contributed by atoms with van der Waals surface area (Å²) in [6.45, 7) is 2.00. The van der Waals surface area contributed by atoms with Crippen LogP contribution in [0.25, 0.3) is 22.3 Å². The van der Waals surface area contributed by atoms with Crippen molar-refractivity contribution in [3.63, 3.8) is 0 Å². The molecule has 1 aromatic heterocycles. The fourth-order valence-electron chi connectivity index (χ4n) is 2.20. The number of rotatable bonds is 2. The topological polar surface area (TPSA) is 50.4 Å². The van der Waals surface area contributed by atoms with Gasteiger partial charge in [0.15, 0.2) is 0 Å². The minimum atomic E-state index is -1.03. The van der Waals surface area contributed by atoms with Gasteiger partial charge in [-0.05, 0) is 43.3 Å². The van der Waals surface area contributed by atoms with Crippen LogP contribution in [0.5, 0.6) is 0 Å². The van der Waals surface area contributed by atoms with Gasteiger partial charge in [0.2, 0.25) is 0 Å². The number of carboxylic acids is 1. The first-order valence-electron chi connectivity index (χ1n) is 6.08. The zero-order chi connectivity index (χ0) is 14.3. The van der Waals surface area contributed by atoms with E-state index < -0.39 is 5.97 Å². The molecule has 0 bridgehead atoms. The molecular formula is C16H11ClO3. The number of carboxylic acid groups (broad SMARTS) is 1. The van der Waals surface area contributed by atoms with Crippen LogP contribution in [0.15, 0.2) is 46.9 Å². The molecule has 0 fully saturated rings. The van der Waals surface area contributed by atoms with E-state index in [1.165, 1.54) is 6.07 Å². The zero-order valence-electron chi connectivity index (χ0n) is 10.7. The average molecular weight is 287 g/mol. The second-order valence-corrected chi connectivity index (χ2v) is 5.08. The molecule has 1 heterocycles. The fraction of sp³-hybridized carbons (Fsp3) is 0.0625. The van der Waals surface area contributed by atoms with Crippen LogP contribution in [0, 0.1) is 6.92 Å². The molecule has 3 aromatic rings. The predicted octanol–water partition coefficient (Wildman–Crippen LogP) is 4.76. The number of hydrogen-bond acceptors (Lipinski definition) is 2. The van der Waals surface area contributed by atoms with E-state index in [0.717, 1.165) is 16.5 Å². The Bertz CT molecular complexity index is 818. The minimum Gasteiger partial charge on any atom is -0.478 e. The van der Waals surface area contributed by atoms with E-state index >= 15 is 0 Å². The molecular weight excluding hydrogens is 276 g/mol. The number of aryl methyl sites for hydroxylation is 1. The Balaban J connectivity index is 2.22. The molecule has 3 nitrogen and oxygen atoms in total. The van der Waals surface area contributed by atoms with E-state index in [9.17, 15) is 9.90 Å². The van der Waals surface area contributed by atoms with E-state index in [0.29, 0.717) is 16.3 Å². The van der Waals surface area contributed by atoms with E-state index in [2.05, 4.69) is 0 Å². The van der Waals surface area contributed by atoms with Gasteiger partial charge in [-0.1, -0.05) is 23.2 Å². The van der Waals surface area contributed by atoms with Crippen molar-refractivity contribution in [3.8, 4) is 11.3 Å². The molecule has 0 aliphatic carbocycles. The minimum absolute atomic E-state index is 0.133. The van der Waals surface area contributed by atoms with Gasteiger partial charge in [-0.25, -0.2) is 4.79 Å². The molecule has 100 valence electrons. The van der Waals surface area contributed by atoms with Gasteiger partial charge in [-0.15, -0.1) is 0 Å². The van der Waals surface area contributed by atoms with Crippen molar-refractivity contribution in [3.05, 3.63) is 58.6 Å². The Hall–Kier alpha value is -2.26. The Labute approximate surface area is 120 Å². The maximum absolute atomic E-state index is 11.3. The van der Waals surface area contributed by atoms with Crippen LogP contribution >= 0.6 is 11.6 Å². The lowest BCUT2D eigenvalue weighted by Gasteiger charge is -2.03. The third kappa shape index (κ3) is 2.17. The van der Waals surface area contributed by atoms with Crippen LogP contribution in [0.2, 0.25) is 5.02 Å². The summed E-state index contributed by atoms with van der Waals surface area (Å²) in [4.78, 5) is 11.3. The van der Waals surface area contributed by atoms with Crippen molar-refractivity contribution in [2.75, 3.05) is 0 Å². The number of furan rings is 1. The molecule has 0 saturated carbocycles. The number of aromatic carboxylic acids is 1. The van der Waals surface area contributed by atoms with Crippen molar-refractivity contribution in [2.24, 2.45) is 0 Å². The van der Waals surface area contributed by atoms with Crippen LogP contribution in [0.3, 0.4) is 0 Å². The fourth-order valence-corrected chi connectivity index (χ4v) is 2.38. The molecule has 0 unspecified atom stereocenters. The predicted molar refractivity (Wildman–Crippen MR) is 78.4 cm³/mol. The SMILES string of the molecule is Cc1ccc2oc(-c3ccc(Cl)cc3C(=O)O)cc2c1. The first kappa shape index (κ1) is 12.8. The third-order valence-corrected chi connectivity index (χ3v) is 3.38. The van der Waals surface area contributed by atoms with Crippen LogP contribution in [-0.2, 0) is 0 Å². The van der Waals surface area contributed by atoms with Gasteiger partial charge in [0, 0.05) is 16.0 Å². The second kappa shape index (κ2) is 4.69. The van der Waals surface area contributed by atoms with Crippen LogP contribution in [-0.4, -0.2) is 11.1 Å². The molecule has 2 aromatic carbocycles. The molecule has 20 heavy (non-hydrogen) atoms. The summed E-state index contributed by atoms with van der Waals surface area (Å²) < 4.78 is 5.73. The van der Waals surface area contributed by atoms with Gasteiger partial charge in [0.05, 0.1) is 5.56 Å². The Morgan fingerprint density at radius 3 is 2.70 bits per heavy atom. The molecule has 3 rings (SSSR count). The summed E-state index contributed by atoms with van der Waals surface area (Å²) in [7, 11) is 0. The van der Waals surface area contributed by atoms with Crippen molar-refractivity contribution in [1.29, 1.82) is 0 Å². The summed E-state index contributed by atoms with van der Waals surface area (Å²) in [5.74, 6) is -0.501. The van der Waals surface area contributed by atoms with E-state index in [1.807, 2.05) is 31.2 Å². The van der Waals surface area contributed by atoms with Crippen molar-refractivity contribution < 1.29 is 14.3 Å². The lowest BCUT2D eigenvalue weighted by Crippen LogP contribution is -1.98. The molecule has 0 radical (unpaired) electrons. The highest BCUT2D eigenvalue weighted by Gasteiger charge is 2.15. The number of carbonyl (C=O) groups is 1. The van der Waals surface area contributed by atoms with Gasteiger partial charge in [0.1, 0.15) is 11.3 Å². The highest BCUT2D eigenvalue weighted by molar-refractivity contribution is 6.31. The van der Waals surface area contributed by atoms with E-state index in [4.69, 9.17) is 16.0 Å². The maximum atomic E-state index is 11.3. The highest BCUT2D eigenvalue weighted by Crippen LogP contribution is 2.32. The summed E-state index contributed by atoms with van der Waals surface area (Å²) in [5.41, 5.74) is 2.51. The maximum Gasteiger partial charge on any atom is 0.336 e. The largest absolute Gasteiger partial charge is 0.478 e. The number of hydrogen-bond donors (Lipinski definition) is 1. The highest BCUT2D eigenvalue weighted by atomic mass is 35.5. The van der Waals surface area contributed by atoms with Crippen LogP contribution < -0.4 is 0 Å². The molecule has 0 atom stereocenters. The molecule has 0 amide bonds. The first-order chi connectivity index (χ1) is 9.54. The summed E-state index contributed by atoms with van der Waals surface area (Å²) in [6, 6.07) is 12.4.